The van der Waals surface area contributed by atoms with Crippen LogP contribution in [0.3, 0.4) is 0 Å². The molecule has 4 aromatic rings. The van der Waals surface area contributed by atoms with Crippen LogP contribution in [0, 0.1) is 13.8 Å². The van der Waals surface area contributed by atoms with Gasteiger partial charge in [-0.1, -0.05) is 35.5 Å². The number of nitrogens with zero attached hydrogens (tertiary/aromatic N) is 5. The van der Waals surface area contributed by atoms with Gasteiger partial charge in [0.05, 0.1) is 17.1 Å². The highest BCUT2D eigenvalue weighted by atomic mass is 32.2. The third kappa shape index (κ3) is 4.63. The van der Waals surface area contributed by atoms with Crippen LogP contribution in [-0.4, -0.2) is 36.2 Å². The summed E-state index contributed by atoms with van der Waals surface area (Å²) in [5.74, 6) is 1.82. The number of aryl methyl sites for hydroxylation is 2. The van der Waals surface area contributed by atoms with Gasteiger partial charge in [0.25, 0.3) is 0 Å². The van der Waals surface area contributed by atoms with Crippen LogP contribution in [0.2, 0.25) is 0 Å². The Morgan fingerprint density at radius 3 is 2.72 bits per heavy atom. The molecule has 5 rings (SSSR count). The number of thiophene rings is 1. The standard InChI is InChI=1S/C23H24N6OS2/c1-15-5-7-18(8-6-15)29-20(12-16(2)27-29)24-22(30)14-32-23-26-25-21(28(23)17-9-10-17)13-19-4-3-11-31-19/h3-8,11-12,17H,9-10,13-14H2,1-2H3,(H,24,30). The van der Waals surface area contributed by atoms with E-state index in [-0.39, 0.29) is 11.7 Å². The fraction of sp³-hybridized carbons (Fsp3) is 0.304. The van der Waals surface area contributed by atoms with E-state index in [0.717, 1.165) is 41.6 Å². The van der Waals surface area contributed by atoms with Gasteiger partial charge in [-0.2, -0.15) is 5.10 Å². The van der Waals surface area contributed by atoms with Crippen LogP contribution < -0.4 is 5.32 Å². The van der Waals surface area contributed by atoms with Gasteiger partial charge in [0.15, 0.2) is 5.16 Å². The minimum atomic E-state index is -0.0894. The lowest BCUT2D eigenvalue weighted by atomic mass is 10.2. The van der Waals surface area contributed by atoms with E-state index in [1.54, 1.807) is 16.0 Å². The van der Waals surface area contributed by atoms with E-state index in [1.165, 1.54) is 22.2 Å². The molecule has 7 nitrogen and oxygen atoms in total. The molecule has 3 heterocycles. The van der Waals surface area contributed by atoms with Crippen molar-refractivity contribution >= 4 is 34.8 Å². The first-order valence-corrected chi connectivity index (χ1v) is 12.5. The first-order chi connectivity index (χ1) is 15.6. The molecule has 1 aliphatic carbocycles. The second-order valence-electron chi connectivity index (χ2n) is 8.01. The van der Waals surface area contributed by atoms with Crippen molar-refractivity contribution in [3.8, 4) is 5.69 Å². The molecule has 1 fully saturated rings. The minimum Gasteiger partial charge on any atom is -0.310 e. The topological polar surface area (TPSA) is 77.6 Å². The molecule has 0 bridgehead atoms. The van der Waals surface area contributed by atoms with Gasteiger partial charge in [-0.25, -0.2) is 4.68 Å². The predicted molar refractivity (Wildman–Crippen MR) is 128 cm³/mol. The fourth-order valence-electron chi connectivity index (χ4n) is 3.58. The van der Waals surface area contributed by atoms with Gasteiger partial charge in [0, 0.05) is 23.4 Å². The van der Waals surface area contributed by atoms with Crippen molar-refractivity contribution in [2.75, 3.05) is 11.1 Å². The first-order valence-electron chi connectivity index (χ1n) is 10.6. The minimum absolute atomic E-state index is 0.0894. The van der Waals surface area contributed by atoms with E-state index < -0.39 is 0 Å². The van der Waals surface area contributed by atoms with Crippen molar-refractivity contribution < 1.29 is 4.79 Å². The molecule has 0 spiro atoms. The van der Waals surface area contributed by atoms with E-state index in [4.69, 9.17) is 0 Å². The highest BCUT2D eigenvalue weighted by molar-refractivity contribution is 7.99. The number of thioether (sulfide) groups is 1. The molecule has 0 saturated heterocycles. The van der Waals surface area contributed by atoms with Gasteiger partial charge in [0.2, 0.25) is 5.91 Å². The van der Waals surface area contributed by atoms with Crippen molar-refractivity contribution in [1.82, 2.24) is 24.5 Å². The largest absolute Gasteiger partial charge is 0.310 e. The Morgan fingerprint density at radius 2 is 2.00 bits per heavy atom. The highest BCUT2D eigenvalue weighted by Crippen LogP contribution is 2.39. The normalized spacial score (nSPS) is 13.4. The maximum Gasteiger partial charge on any atom is 0.236 e. The van der Waals surface area contributed by atoms with Crippen LogP contribution in [0.15, 0.2) is 53.0 Å². The summed E-state index contributed by atoms with van der Waals surface area (Å²) in [5.41, 5.74) is 2.94. The van der Waals surface area contributed by atoms with Gasteiger partial charge in [-0.15, -0.1) is 21.5 Å². The van der Waals surface area contributed by atoms with E-state index in [0.29, 0.717) is 11.9 Å². The molecule has 9 heteroatoms. The molecule has 1 N–H and O–H groups in total. The van der Waals surface area contributed by atoms with Gasteiger partial charge in [-0.3, -0.25) is 4.79 Å². The van der Waals surface area contributed by atoms with Crippen LogP contribution in [0.1, 0.15) is 40.8 Å². The summed E-state index contributed by atoms with van der Waals surface area (Å²) in [4.78, 5) is 14.0. The summed E-state index contributed by atoms with van der Waals surface area (Å²) in [7, 11) is 0. The van der Waals surface area contributed by atoms with Crippen LogP contribution in [0.25, 0.3) is 5.69 Å². The number of carbonyl (C=O) groups is 1. The number of rotatable bonds is 8. The molecular weight excluding hydrogens is 440 g/mol. The summed E-state index contributed by atoms with van der Waals surface area (Å²) in [5, 5.41) is 19.3. The molecule has 0 unspecified atom stereocenters. The molecule has 0 radical (unpaired) electrons. The molecule has 1 saturated carbocycles. The van der Waals surface area contributed by atoms with Crippen molar-refractivity contribution in [1.29, 1.82) is 0 Å². The number of anilines is 1. The molecule has 1 aliphatic rings. The van der Waals surface area contributed by atoms with E-state index in [9.17, 15) is 4.79 Å². The van der Waals surface area contributed by atoms with Crippen LogP contribution in [0.5, 0.6) is 0 Å². The average Bonchev–Trinajstić information content (AvgIpc) is 3.16. The van der Waals surface area contributed by atoms with Gasteiger partial charge in [0.1, 0.15) is 11.6 Å². The van der Waals surface area contributed by atoms with E-state index >= 15 is 0 Å². The summed E-state index contributed by atoms with van der Waals surface area (Å²) in [6, 6.07) is 14.6. The number of hydrogen-bond donors (Lipinski definition) is 1. The number of amides is 1. The molecule has 164 valence electrons. The number of carbonyl (C=O) groups excluding carboxylic acids is 1. The molecule has 0 atom stereocenters. The molecular formula is C23H24N6OS2. The Morgan fingerprint density at radius 1 is 1.19 bits per heavy atom. The Balaban J connectivity index is 1.27. The van der Waals surface area contributed by atoms with Gasteiger partial charge in [-0.05, 0) is 50.3 Å². The van der Waals surface area contributed by atoms with Crippen molar-refractivity contribution in [3.05, 3.63) is 69.8 Å². The quantitative estimate of drug-likeness (QED) is 0.379. The zero-order valence-electron chi connectivity index (χ0n) is 18.0. The molecule has 32 heavy (non-hydrogen) atoms. The lowest BCUT2D eigenvalue weighted by molar-refractivity contribution is -0.113. The zero-order valence-corrected chi connectivity index (χ0v) is 19.6. The smallest absolute Gasteiger partial charge is 0.236 e. The second-order valence-corrected chi connectivity index (χ2v) is 9.99. The molecule has 0 aliphatic heterocycles. The van der Waals surface area contributed by atoms with Crippen LogP contribution >= 0.6 is 23.1 Å². The summed E-state index contributed by atoms with van der Waals surface area (Å²) in [6.07, 6.45) is 3.07. The summed E-state index contributed by atoms with van der Waals surface area (Å²) >= 11 is 3.17. The van der Waals surface area contributed by atoms with Crippen molar-refractivity contribution in [2.45, 2.75) is 44.3 Å². The lowest BCUT2D eigenvalue weighted by Crippen LogP contribution is -2.17. The highest BCUT2D eigenvalue weighted by Gasteiger charge is 2.30. The van der Waals surface area contributed by atoms with Crippen molar-refractivity contribution in [3.63, 3.8) is 0 Å². The third-order valence-electron chi connectivity index (χ3n) is 5.27. The number of aromatic nitrogens is 5. The first kappa shape index (κ1) is 21.0. The number of hydrogen-bond acceptors (Lipinski definition) is 6. The lowest BCUT2D eigenvalue weighted by Gasteiger charge is -2.10. The maximum atomic E-state index is 12.8. The van der Waals surface area contributed by atoms with Crippen LogP contribution in [0.4, 0.5) is 5.82 Å². The number of nitrogens with one attached hydrogen (secondary N) is 1. The molecule has 1 aromatic carbocycles. The summed E-state index contributed by atoms with van der Waals surface area (Å²) < 4.78 is 3.99. The Hall–Kier alpha value is -2.91. The fourth-order valence-corrected chi connectivity index (χ4v) is 5.10. The van der Waals surface area contributed by atoms with E-state index in [2.05, 4.69) is 42.7 Å². The Kier molecular flexibility index (Phi) is 5.84. The number of benzene rings is 1. The van der Waals surface area contributed by atoms with Crippen LogP contribution in [-0.2, 0) is 11.2 Å². The second kappa shape index (κ2) is 8.91. The molecule has 1 amide bonds. The average molecular weight is 465 g/mol. The molecule has 3 aromatic heterocycles. The van der Waals surface area contributed by atoms with Gasteiger partial charge >= 0.3 is 0 Å². The SMILES string of the molecule is Cc1ccc(-n2nc(C)cc2NC(=O)CSc2nnc(Cc3cccs3)n2C2CC2)cc1. The zero-order chi connectivity index (χ0) is 22.1. The summed E-state index contributed by atoms with van der Waals surface area (Å²) in [6.45, 7) is 3.96. The van der Waals surface area contributed by atoms with Gasteiger partial charge < -0.3 is 9.88 Å². The third-order valence-corrected chi connectivity index (χ3v) is 7.09. The predicted octanol–water partition coefficient (Wildman–Crippen LogP) is 4.80. The van der Waals surface area contributed by atoms with E-state index in [1.807, 2.05) is 44.2 Å². The monoisotopic (exact) mass is 464 g/mol. The Labute approximate surface area is 194 Å². The maximum absolute atomic E-state index is 12.8. The van der Waals surface area contributed by atoms with Crippen molar-refractivity contribution in [2.24, 2.45) is 0 Å². The Bertz CT molecular complexity index is 1220.